The summed E-state index contributed by atoms with van der Waals surface area (Å²) in [4.78, 5) is 0.788. The highest BCUT2D eigenvalue weighted by Crippen LogP contribution is 2.45. The second kappa shape index (κ2) is 8.53. The zero-order valence-corrected chi connectivity index (χ0v) is 18.7. The molecule has 0 spiro atoms. The summed E-state index contributed by atoms with van der Waals surface area (Å²) in [6.07, 6.45) is 0. The third kappa shape index (κ3) is 4.12. The Bertz CT molecular complexity index is 1520. The van der Waals surface area contributed by atoms with Crippen LogP contribution in [0, 0.1) is 6.92 Å². The summed E-state index contributed by atoms with van der Waals surface area (Å²) < 4.78 is 51.9. The van der Waals surface area contributed by atoms with E-state index in [0.717, 1.165) is 33.4 Å². The largest absolute Gasteiger partial charge is 0.425 e. The molecular formula is C25H18O5S2. The van der Waals surface area contributed by atoms with Gasteiger partial charge in [-0.25, -0.2) is 8.42 Å². The highest BCUT2D eigenvalue weighted by atomic mass is 32.2. The van der Waals surface area contributed by atoms with Gasteiger partial charge in [-0.15, -0.1) is 12.6 Å². The molecule has 0 saturated heterocycles. The minimum atomic E-state index is -3.53. The quantitative estimate of drug-likeness (QED) is 0.363. The van der Waals surface area contributed by atoms with E-state index < -0.39 is 20.4 Å². The zero-order valence-electron chi connectivity index (χ0n) is 17.0. The summed E-state index contributed by atoms with van der Waals surface area (Å²) in [5.74, 6) is 0. The Labute approximate surface area is 188 Å². The van der Waals surface area contributed by atoms with E-state index in [1.807, 2.05) is 85.8 Å². The molecule has 0 aliphatic carbocycles. The van der Waals surface area contributed by atoms with Crippen molar-refractivity contribution in [3.63, 3.8) is 0 Å². The fourth-order valence-corrected chi connectivity index (χ4v) is 5.52. The van der Waals surface area contributed by atoms with Crippen LogP contribution in [0.25, 0.3) is 33.4 Å². The van der Waals surface area contributed by atoms with E-state index in [1.54, 1.807) is 12.1 Å². The SMILES string of the molecule is Cc1ccc(-c2ccc3c(c2)S(=O)(=O)c2cc(-c4ccccc4)ccc2-3)cc1.O=S(=O)=O. The summed E-state index contributed by atoms with van der Waals surface area (Å²) in [6.45, 7) is 2.04. The Kier molecular flexibility index (Phi) is 5.78. The molecule has 5 rings (SSSR count). The minimum Gasteiger partial charge on any atom is -0.218 e. The maximum absolute atomic E-state index is 13.3. The van der Waals surface area contributed by atoms with Gasteiger partial charge in [-0.1, -0.05) is 84.4 Å². The highest BCUT2D eigenvalue weighted by Gasteiger charge is 2.33. The van der Waals surface area contributed by atoms with Gasteiger partial charge < -0.3 is 0 Å². The second-order valence-corrected chi connectivity index (χ2v) is 9.66. The van der Waals surface area contributed by atoms with Crippen LogP contribution < -0.4 is 0 Å². The predicted molar refractivity (Wildman–Crippen MR) is 123 cm³/mol. The van der Waals surface area contributed by atoms with E-state index in [9.17, 15) is 8.42 Å². The molecule has 0 radical (unpaired) electrons. The maximum atomic E-state index is 13.3. The number of rotatable bonds is 2. The Balaban J connectivity index is 0.000000567. The first-order chi connectivity index (χ1) is 15.3. The lowest BCUT2D eigenvalue weighted by molar-refractivity contribution is 0.559. The molecule has 0 aromatic heterocycles. The Hall–Kier alpha value is -3.55. The van der Waals surface area contributed by atoms with Crippen LogP contribution in [0.3, 0.4) is 0 Å². The lowest BCUT2D eigenvalue weighted by atomic mass is 9.98. The molecule has 0 bridgehead atoms. The number of sulfone groups is 1. The summed E-state index contributed by atoms with van der Waals surface area (Å²) in [6, 6.07) is 29.4. The Morgan fingerprint density at radius 1 is 0.562 bits per heavy atom. The van der Waals surface area contributed by atoms with Crippen LogP contribution in [0.5, 0.6) is 0 Å². The van der Waals surface area contributed by atoms with E-state index >= 15 is 0 Å². The summed E-state index contributed by atoms with van der Waals surface area (Å²) in [7, 11) is -6.65. The van der Waals surface area contributed by atoms with Crippen LogP contribution in [0.2, 0.25) is 0 Å². The molecule has 0 atom stereocenters. The molecular weight excluding hydrogens is 444 g/mol. The fourth-order valence-electron chi connectivity index (χ4n) is 3.79. The van der Waals surface area contributed by atoms with Gasteiger partial charge in [0, 0.05) is 11.1 Å². The van der Waals surface area contributed by atoms with E-state index in [0.29, 0.717) is 9.79 Å². The molecule has 5 nitrogen and oxygen atoms in total. The van der Waals surface area contributed by atoms with Crippen molar-refractivity contribution in [1.29, 1.82) is 0 Å². The summed E-state index contributed by atoms with van der Waals surface area (Å²) >= 11 is 0. The lowest BCUT2D eigenvalue weighted by Crippen LogP contribution is -1.97. The van der Waals surface area contributed by atoms with E-state index in [2.05, 4.69) is 0 Å². The molecule has 0 unspecified atom stereocenters. The minimum absolute atomic E-state index is 0.393. The van der Waals surface area contributed by atoms with Gasteiger partial charge >= 0.3 is 10.6 Å². The topological polar surface area (TPSA) is 85.3 Å². The number of hydrogen-bond acceptors (Lipinski definition) is 5. The van der Waals surface area contributed by atoms with E-state index in [1.165, 1.54) is 5.56 Å². The van der Waals surface area contributed by atoms with Crippen molar-refractivity contribution in [2.45, 2.75) is 16.7 Å². The molecule has 7 heteroatoms. The predicted octanol–water partition coefficient (Wildman–Crippen LogP) is 5.14. The zero-order chi connectivity index (χ0) is 22.9. The molecule has 4 aromatic rings. The van der Waals surface area contributed by atoms with Gasteiger partial charge in [0.25, 0.3) is 0 Å². The van der Waals surface area contributed by atoms with Crippen LogP contribution in [0.15, 0.2) is 101 Å². The first-order valence-corrected chi connectivity index (χ1v) is 12.2. The standard InChI is InChI=1S/C25H18O2S.O3S/c1-17-7-9-19(10-8-17)21-12-14-23-22-13-11-20(18-5-3-2-4-6-18)15-24(22)28(26,27)25(23)16-21;1-4(2)3/h2-16H,1H3;. The number of fused-ring (bicyclic) bond motifs is 3. The Morgan fingerprint density at radius 2 is 0.969 bits per heavy atom. The van der Waals surface area contributed by atoms with Gasteiger partial charge in [-0.05, 0) is 41.3 Å². The summed E-state index contributed by atoms with van der Waals surface area (Å²) in [5, 5.41) is 0. The van der Waals surface area contributed by atoms with Gasteiger partial charge in [-0.2, -0.15) is 0 Å². The lowest BCUT2D eigenvalue weighted by Gasteiger charge is -2.05. The first kappa shape index (κ1) is 21.7. The van der Waals surface area contributed by atoms with Gasteiger partial charge in [0.2, 0.25) is 9.84 Å². The molecule has 160 valence electrons. The molecule has 0 fully saturated rings. The number of benzene rings is 4. The van der Waals surface area contributed by atoms with E-state index in [4.69, 9.17) is 12.6 Å². The monoisotopic (exact) mass is 462 g/mol. The number of hydrogen-bond donors (Lipinski definition) is 0. The highest BCUT2D eigenvalue weighted by molar-refractivity contribution is 7.92. The van der Waals surface area contributed by atoms with Gasteiger partial charge in [-0.3, -0.25) is 0 Å². The van der Waals surface area contributed by atoms with Crippen molar-refractivity contribution in [3.05, 3.63) is 96.6 Å². The second-order valence-electron chi connectivity index (χ2n) is 7.36. The molecule has 1 heterocycles. The molecule has 0 N–H and O–H groups in total. The third-order valence-electron chi connectivity index (χ3n) is 5.32. The molecule has 1 aliphatic heterocycles. The van der Waals surface area contributed by atoms with Gasteiger partial charge in [0.05, 0.1) is 9.79 Å². The van der Waals surface area contributed by atoms with Crippen LogP contribution in [-0.4, -0.2) is 21.0 Å². The van der Waals surface area contributed by atoms with Crippen LogP contribution in [-0.2, 0) is 20.4 Å². The average molecular weight is 463 g/mol. The van der Waals surface area contributed by atoms with Crippen molar-refractivity contribution < 1.29 is 21.0 Å². The van der Waals surface area contributed by atoms with Crippen molar-refractivity contribution in [2.75, 3.05) is 0 Å². The van der Waals surface area contributed by atoms with Crippen LogP contribution in [0.4, 0.5) is 0 Å². The molecule has 4 aromatic carbocycles. The van der Waals surface area contributed by atoms with Crippen molar-refractivity contribution in [3.8, 4) is 33.4 Å². The van der Waals surface area contributed by atoms with Gasteiger partial charge in [0.15, 0.2) is 0 Å². The molecule has 0 amide bonds. The normalized spacial score (nSPS) is 12.8. The van der Waals surface area contributed by atoms with E-state index in [-0.39, 0.29) is 0 Å². The molecule has 1 aliphatic rings. The third-order valence-corrected chi connectivity index (χ3v) is 7.16. The fraction of sp³-hybridized carbons (Fsp3) is 0.0400. The van der Waals surface area contributed by atoms with Crippen LogP contribution >= 0.6 is 0 Å². The average Bonchev–Trinajstić information content (AvgIpc) is 3.01. The molecule has 0 saturated carbocycles. The van der Waals surface area contributed by atoms with Crippen molar-refractivity contribution in [1.82, 2.24) is 0 Å². The number of aryl methyl sites for hydroxylation is 1. The van der Waals surface area contributed by atoms with Gasteiger partial charge in [0.1, 0.15) is 0 Å². The van der Waals surface area contributed by atoms with Crippen molar-refractivity contribution >= 4 is 20.4 Å². The summed E-state index contributed by atoms with van der Waals surface area (Å²) in [5.41, 5.74) is 6.60. The molecule has 32 heavy (non-hydrogen) atoms. The maximum Gasteiger partial charge on any atom is 0.425 e. The Morgan fingerprint density at radius 3 is 1.44 bits per heavy atom. The van der Waals surface area contributed by atoms with Crippen LogP contribution in [0.1, 0.15) is 5.56 Å². The first-order valence-electron chi connectivity index (χ1n) is 9.70. The smallest absolute Gasteiger partial charge is 0.218 e. The van der Waals surface area contributed by atoms with Crippen molar-refractivity contribution in [2.24, 2.45) is 0 Å².